The third-order valence-electron chi connectivity index (χ3n) is 3.46. The monoisotopic (exact) mass is 264 g/mol. The van der Waals surface area contributed by atoms with Crippen molar-refractivity contribution in [2.75, 3.05) is 5.43 Å². The average molecular weight is 264 g/mol. The van der Waals surface area contributed by atoms with Crippen LogP contribution in [0.2, 0.25) is 0 Å². The summed E-state index contributed by atoms with van der Waals surface area (Å²) in [6, 6.07) is 10.1. The Morgan fingerprint density at radius 3 is 2.25 bits per heavy atom. The van der Waals surface area contributed by atoms with Crippen LogP contribution in [0, 0.1) is 12.3 Å². The number of carbonyl (C=O) groups is 2. The molecule has 96 valence electrons. The maximum absolute atomic E-state index is 12.6. The van der Waals surface area contributed by atoms with Crippen molar-refractivity contribution in [3.05, 3.63) is 69.3 Å². The second-order valence-corrected chi connectivity index (χ2v) is 4.60. The highest BCUT2D eigenvalue weighted by Crippen LogP contribution is 2.33. The molecular formula is C15H10N3O2+. The van der Waals surface area contributed by atoms with Crippen LogP contribution in [0.5, 0.6) is 0 Å². The van der Waals surface area contributed by atoms with Gasteiger partial charge in [-0.2, -0.15) is 0 Å². The van der Waals surface area contributed by atoms with Crippen molar-refractivity contribution in [1.82, 2.24) is 0 Å². The number of nitrogens with one attached hydrogen (secondary N) is 1. The van der Waals surface area contributed by atoms with Crippen LogP contribution in [0.3, 0.4) is 0 Å². The quantitative estimate of drug-likeness (QED) is 0.541. The van der Waals surface area contributed by atoms with E-state index in [1.807, 2.05) is 0 Å². The molecule has 5 heteroatoms. The van der Waals surface area contributed by atoms with E-state index in [1.165, 1.54) is 0 Å². The van der Waals surface area contributed by atoms with Crippen LogP contribution in [0.25, 0.3) is 5.08 Å². The molecular weight excluding hydrogens is 254 g/mol. The summed E-state index contributed by atoms with van der Waals surface area (Å²) >= 11 is 0. The number of carbonyl (C=O) groups excluding carboxylic acids is 2. The van der Waals surface area contributed by atoms with Crippen LogP contribution >= 0.6 is 0 Å². The minimum atomic E-state index is -0.245. The Hall–Kier alpha value is -3.00. The number of ketones is 2. The lowest BCUT2D eigenvalue weighted by Gasteiger charge is -2.18. The van der Waals surface area contributed by atoms with E-state index in [0.717, 1.165) is 5.56 Å². The number of nitrogens with zero attached hydrogens (tertiary/aromatic N) is 2. The van der Waals surface area contributed by atoms with Crippen molar-refractivity contribution >= 4 is 17.3 Å². The lowest BCUT2D eigenvalue weighted by molar-refractivity contribution is 0.0979. The number of hydrogen-bond acceptors (Lipinski definition) is 4. The van der Waals surface area contributed by atoms with Gasteiger partial charge in [-0.05, 0) is 24.0 Å². The van der Waals surface area contributed by atoms with Crippen LogP contribution in [-0.2, 0) is 0 Å². The van der Waals surface area contributed by atoms with Crippen molar-refractivity contribution in [1.29, 1.82) is 5.39 Å². The second kappa shape index (κ2) is 4.28. The van der Waals surface area contributed by atoms with Gasteiger partial charge in [-0.25, -0.2) is 0 Å². The molecule has 0 unspecified atom stereocenters. The highest BCUT2D eigenvalue weighted by atomic mass is 16.1. The molecule has 0 bridgehead atoms. The summed E-state index contributed by atoms with van der Waals surface area (Å²) in [4.78, 5) is 25.0. The van der Waals surface area contributed by atoms with Gasteiger partial charge in [-0.1, -0.05) is 30.3 Å². The summed E-state index contributed by atoms with van der Waals surface area (Å²) in [5, 5.41) is 11.6. The minimum Gasteiger partial charge on any atom is -0.289 e. The first-order valence-corrected chi connectivity index (χ1v) is 6.07. The molecule has 1 aliphatic rings. The first-order valence-electron chi connectivity index (χ1n) is 6.07. The van der Waals surface area contributed by atoms with E-state index >= 15 is 0 Å². The Morgan fingerprint density at radius 2 is 1.60 bits per heavy atom. The van der Waals surface area contributed by atoms with E-state index in [-0.39, 0.29) is 17.1 Å². The van der Waals surface area contributed by atoms with Crippen molar-refractivity contribution in [2.45, 2.75) is 6.92 Å². The van der Waals surface area contributed by atoms with Gasteiger partial charge in [0.25, 0.3) is 5.39 Å². The minimum absolute atomic E-state index is 0.198. The number of anilines is 1. The smallest absolute Gasteiger partial charge is 0.289 e. The molecule has 0 spiro atoms. The van der Waals surface area contributed by atoms with Gasteiger partial charge in [-0.15, -0.1) is 0 Å². The summed E-state index contributed by atoms with van der Waals surface area (Å²) in [5.41, 5.74) is 4.83. The lowest BCUT2D eigenvalue weighted by Crippen LogP contribution is -2.22. The maximum atomic E-state index is 12.6. The fraction of sp³-hybridized carbons (Fsp3) is 0.0667. The van der Waals surface area contributed by atoms with Gasteiger partial charge >= 0.3 is 5.08 Å². The molecule has 2 aromatic carbocycles. The van der Waals surface area contributed by atoms with Crippen LogP contribution in [0.1, 0.15) is 37.4 Å². The molecule has 0 heterocycles. The number of hydrogen-bond donors (Lipinski definition) is 1. The standard InChI is InChI=1S/C15H9N3O2/c1-8-6-7-11-12(13(8)17-18-16)15(20)10-5-3-2-4-9(10)14(11)19/h2-7H,1H3/p+1. The Morgan fingerprint density at radius 1 is 0.950 bits per heavy atom. The fourth-order valence-corrected chi connectivity index (χ4v) is 2.48. The van der Waals surface area contributed by atoms with E-state index in [2.05, 4.69) is 10.5 Å². The zero-order valence-electron chi connectivity index (χ0n) is 10.7. The summed E-state index contributed by atoms with van der Waals surface area (Å²) in [5.74, 6) is -0.443. The lowest BCUT2D eigenvalue weighted by atomic mass is 9.82. The third kappa shape index (κ3) is 1.52. The molecule has 0 radical (unpaired) electrons. The van der Waals surface area contributed by atoms with Gasteiger partial charge in [0.05, 0.1) is 5.56 Å². The van der Waals surface area contributed by atoms with Crippen LogP contribution < -0.4 is 5.43 Å². The molecule has 3 rings (SSSR count). The zero-order chi connectivity index (χ0) is 14.3. The van der Waals surface area contributed by atoms with Crippen molar-refractivity contribution < 1.29 is 9.59 Å². The Balaban J connectivity index is 2.34. The molecule has 5 nitrogen and oxygen atoms in total. The summed E-state index contributed by atoms with van der Waals surface area (Å²) < 4.78 is 0. The largest absolute Gasteiger partial charge is 0.308 e. The van der Waals surface area contributed by atoms with Gasteiger partial charge in [0.15, 0.2) is 11.6 Å². The SMILES string of the molecule is Cc1ccc2c(c1N[N+]#N)C(=O)c1ccccc1C2=O. The first-order chi connectivity index (χ1) is 9.65. The molecule has 2 aromatic rings. The predicted octanol–water partition coefficient (Wildman–Crippen LogP) is 2.95. The summed E-state index contributed by atoms with van der Waals surface area (Å²) in [6.45, 7) is 1.77. The average Bonchev–Trinajstić information content (AvgIpc) is 2.47. The van der Waals surface area contributed by atoms with Gasteiger partial charge in [0.1, 0.15) is 5.69 Å². The maximum Gasteiger partial charge on any atom is 0.308 e. The molecule has 0 fully saturated rings. The molecule has 0 aromatic heterocycles. The highest BCUT2D eigenvalue weighted by molar-refractivity contribution is 6.30. The third-order valence-corrected chi connectivity index (χ3v) is 3.46. The molecule has 0 atom stereocenters. The number of aryl methyl sites for hydroxylation is 1. The predicted molar refractivity (Wildman–Crippen MR) is 73.2 cm³/mol. The first kappa shape index (κ1) is 12.1. The van der Waals surface area contributed by atoms with E-state index < -0.39 is 0 Å². The fourth-order valence-electron chi connectivity index (χ4n) is 2.48. The molecule has 0 saturated carbocycles. The van der Waals surface area contributed by atoms with E-state index in [0.29, 0.717) is 22.4 Å². The van der Waals surface area contributed by atoms with Crippen molar-refractivity contribution in [3.8, 4) is 0 Å². The Labute approximate surface area is 114 Å². The molecule has 20 heavy (non-hydrogen) atoms. The van der Waals surface area contributed by atoms with E-state index in [9.17, 15) is 9.59 Å². The Kier molecular flexibility index (Phi) is 2.58. The van der Waals surface area contributed by atoms with Gasteiger partial charge in [0, 0.05) is 16.7 Å². The zero-order valence-corrected chi connectivity index (χ0v) is 10.7. The van der Waals surface area contributed by atoms with Crippen molar-refractivity contribution in [2.24, 2.45) is 0 Å². The summed E-state index contributed by atoms with van der Waals surface area (Å²) in [6.07, 6.45) is 0. The van der Waals surface area contributed by atoms with Gasteiger partial charge in [-0.3, -0.25) is 9.59 Å². The molecule has 0 aliphatic heterocycles. The number of diazo groups is 1. The van der Waals surface area contributed by atoms with Crippen LogP contribution in [0.4, 0.5) is 5.69 Å². The van der Waals surface area contributed by atoms with E-state index in [4.69, 9.17) is 5.39 Å². The summed E-state index contributed by atoms with van der Waals surface area (Å²) in [7, 11) is 0. The molecule has 0 saturated heterocycles. The van der Waals surface area contributed by atoms with Crippen LogP contribution in [-0.4, -0.2) is 11.6 Å². The number of benzene rings is 2. The molecule has 1 N–H and O–H groups in total. The normalized spacial score (nSPS) is 12.4. The topological polar surface area (TPSA) is 74.3 Å². The Bertz CT molecular complexity index is 803. The highest BCUT2D eigenvalue weighted by Gasteiger charge is 2.33. The van der Waals surface area contributed by atoms with E-state index in [1.54, 1.807) is 43.3 Å². The van der Waals surface area contributed by atoms with Gasteiger partial charge in [0.2, 0.25) is 0 Å². The van der Waals surface area contributed by atoms with Crippen LogP contribution in [0.15, 0.2) is 36.4 Å². The van der Waals surface area contributed by atoms with Crippen molar-refractivity contribution in [3.63, 3.8) is 0 Å². The number of fused-ring (bicyclic) bond motifs is 2. The molecule has 0 amide bonds. The second-order valence-electron chi connectivity index (χ2n) is 4.60. The molecule has 1 aliphatic carbocycles. The number of rotatable bonds is 1. The van der Waals surface area contributed by atoms with Gasteiger partial charge < -0.3 is 0 Å².